The molecule has 1 N–H and O–H groups in total. The molecule has 1 saturated heterocycles. The third kappa shape index (κ3) is 4.52. The van der Waals surface area contributed by atoms with Gasteiger partial charge in [0, 0.05) is 4.47 Å². The lowest BCUT2D eigenvalue weighted by Gasteiger charge is -2.06. The van der Waals surface area contributed by atoms with Gasteiger partial charge in [0.05, 0.1) is 16.2 Å². The maximum absolute atomic E-state index is 12.7. The fourth-order valence-electron chi connectivity index (χ4n) is 2.06. The van der Waals surface area contributed by atoms with Crippen molar-refractivity contribution in [3.8, 4) is 0 Å². The van der Waals surface area contributed by atoms with E-state index >= 15 is 0 Å². The summed E-state index contributed by atoms with van der Waals surface area (Å²) in [7, 11) is 0. The van der Waals surface area contributed by atoms with E-state index in [0.29, 0.717) is 4.91 Å². The van der Waals surface area contributed by atoms with E-state index in [9.17, 15) is 18.0 Å². The molecule has 0 aromatic heterocycles. The fraction of sp³-hybridized carbons (Fsp3) is 0.0588. The second-order valence-electron chi connectivity index (χ2n) is 5.08. The van der Waals surface area contributed by atoms with E-state index in [4.69, 9.17) is 0 Å². The van der Waals surface area contributed by atoms with Crippen molar-refractivity contribution in [1.82, 2.24) is 5.32 Å². The normalized spacial score (nSPS) is 18.0. The number of carbonyl (C=O) groups excluding carboxylic acids is 1. The van der Waals surface area contributed by atoms with Gasteiger partial charge in [-0.2, -0.15) is 13.2 Å². The van der Waals surface area contributed by atoms with Gasteiger partial charge < -0.3 is 5.32 Å². The monoisotopic (exact) mass is 426 g/mol. The van der Waals surface area contributed by atoms with Crippen molar-refractivity contribution >= 4 is 50.5 Å². The number of hydrogen-bond donors (Lipinski definition) is 1. The molecule has 0 aliphatic carbocycles. The number of carbonyl (C=O) groups is 1. The number of hydrogen-bond acceptors (Lipinski definition) is 3. The van der Waals surface area contributed by atoms with Crippen LogP contribution >= 0.6 is 27.7 Å². The Hall–Kier alpha value is -2.06. The zero-order valence-corrected chi connectivity index (χ0v) is 14.9. The quantitative estimate of drug-likeness (QED) is 0.656. The summed E-state index contributed by atoms with van der Waals surface area (Å²) in [6, 6.07) is 12.0. The molecule has 0 saturated carbocycles. The zero-order valence-electron chi connectivity index (χ0n) is 12.5. The number of rotatable bonds is 2. The van der Waals surface area contributed by atoms with Crippen LogP contribution in [0, 0.1) is 0 Å². The first-order valence-corrected chi connectivity index (χ1v) is 8.65. The summed E-state index contributed by atoms with van der Waals surface area (Å²) in [4.78, 5) is 16.5. The van der Waals surface area contributed by atoms with E-state index in [-0.39, 0.29) is 16.8 Å². The molecule has 3 nitrogen and oxygen atoms in total. The summed E-state index contributed by atoms with van der Waals surface area (Å²) in [5.41, 5.74) is 0.179. The lowest BCUT2D eigenvalue weighted by atomic mass is 10.2. The predicted molar refractivity (Wildman–Crippen MR) is 96.4 cm³/mol. The summed E-state index contributed by atoms with van der Waals surface area (Å²) >= 11 is 4.42. The Kier molecular flexibility index (Phi) is 5.01. The average molecular weight is 427 g/mol. The second kappa shape index (κ2) is 7.05. The molecule has 0 bridgehead atoms. The van der Waals surface area contributed by atoms with Crippen LogP contribution in [0.15, 0.2) is 62.9 Å². The molecule has 0 radical (unpaired) electrons. The van der Waals surface area contributed by atoms with Gasteiger partial charge in [0.25, 0.3) is 5.91 Å². The predicted octanol–water partition coefficient (Wildman–Crippen LogP) is 5.36. The van der Waals surface area contributed by atoms with Crippen molar-refractivity contribution in [2.75, 3.05) is 0 Å². The van der Waals surface area contributed by atoms with Gasteiger partial charge >= 0.3 is 6.18 Å². The number of thioether (sulfide) groups is 1. The van der Waals surface area contributed by atoms with Crippen LogP contribution < -0.4 is 5.32 Å². The Morgan fingerprint density at radius 1 is 1.12 bits per heavy atom. The number of halogens is 4. The highest BCUT2D eigenvalue weighted by Crippen LogP contribution is 2.33. The molecule has 1 aliphatic heterocycles. The zero-order chi connectivity index (χ0) is 18.0. The summed E-state index contributed by atoms with van der Waals surface area (Å²) in [6.07, 6.45) is -2.74. The lowest BCUT2D eigenvalue weighted by Crippen LogP contribution is -2.19. The van der Waals surface area contributed by atoms with E-state index in [2.05, 4.69) is 26.2 Å². The molecule has 1 heterocycles. The molecule has 2 aromatic carbocycles. The SMILES string of the molecule is O=C1NC(=Nc2cccc(C(F)(F)F)c2)S/C1=C\c1ccc(Br)cc1. The Labute approximate surface area is 154 Å². The van der Waals surface area contributed by atoms with Crippen molar-refractivity contribution in [3.05, 3.63) is 69.0 Å². The van der Waals surface area contributed by atoms with Crippen molar-refractivity contribution in [3.63, 3.8) is 0 Å². The fourth-order valence-corrected chi connectivity index (χ4v) is 3.17. The van der Waals surface area contributed by atoms with Crippen molar-refractivity contribution in [2.45, 2.75) is 6.18 Å². The number of aliphatic imine (C=N–C) groups is 1. The number of nitrogens with zero attached hydrogens (tertiary/aromatic N) is 1. The molecule has 2 aromatic rings. The number of amides is 1. The molecule has 1 aliphatic rings. The van der Waals surface area contributed by atoms with E-state index in [1.807, 2.05) is 24.3 Å². The van der Waals surface area contributed by atoms with Gasteiger partial charge in [-0.25, -0.2) is 4.99 Å². The maximum atomic E-state index is 12.7. The van der Waals surface area contributed by atoms with Gasteiger partial charge in [-0.15, -0.1) is 0 Å². The number of benzene rings is 2. The topological polar surface area (TPSA) is 41.5 Å². The summed E-state index contributed by atoms with van der Waals surface area (Å²) in [5, 5.41) is 2.80. The van der Waals surface area contributed by atoms with Crippen LogP contribution in [-0.4, -0.2) is 11.1 Å². The van der Waals surface area contributed by atoms with Crippen molar-refractivity contribution < 1.29 is 18.0 Å². The van der Waals surface area contributed by atoms with Gasteiger partial charge in [0.2, 0.25) is 0 Å². The third-order valence-electron chi connectivity index (χ3n) is 3.22. The third-order valence-corrected chi connectivity index (χ3v) is 4.66. The first kappa shape index (κ1) is 17.8. The highest BCUT2D eigenvalue weighted by atomic mass is 79.9. The maximum Gasteiger partial charge on any atom is 0.416 e. The van der Waals surface area contributed by atoms with Gasteiger partial charge in [-0.3, -0.25) is 4.79 Å². The van der Waals surface area contributed by atoms with Crippen molar-refractivity contribution in [2.24, 2.45) is 4.99 Å². The molecule has 0 unspecified atom stereocenters. The Balaban J connectivity index is 1.82. The van der Waals surface area contributed by atoms with Crippen LogP contribution in [0.5, 0.6) is 0 Å². The van der Waals surface area contributed by atoms with E-state index in [0.717, 1.165) is 33.9 Å². The number of amidine groups is 1. The van der Waals surface area contributed by atoms with Gasteiger partial charge in [-0.1, -0.05) is 34.1 Å². The van der Waals surface area contributed by atoms with Gasteiger partial charge in [0.1, 0.15) is 0 Å². The Bertz CT molecular complexity index is 876. The number of alkyl halides is 3. The number of nitrogens with one attached hydrogen (secondary N) is 1. The molecular weight excluding hydrogens is 417 g/mol. The smallest absolute Gasteiger partial charge is 0.300 e. The minimum atomic E-state index is -4.44. The van der Waals surface area contributed by atoms with Crippen LogP contribution in [0.3, 0.4) is 0 Å². The summed E-state index contributed by atoms with van der Waals surface area (Å²) < 4.78 is 39.1. The van der Waals surface area contributed by atoms with Gasteiger partial charge in [-0.05, 0) is 53.7 Å². The average Bonchev–Trinajstić information content (AvgIpc) is 2.88. The van der Waals surface area contributed by atoms with E-state index < -0.39 is 11.7 Å². The molecule has 1 fully saturated rings. The van der Waals surface area contributed by atoms with Crippen LogP contribution in [0.1, 0.15) is 11.1 Å². The van der Waals surface area contributed by atoms with Gasteiger partial charge in [0.15, 0.2) is 5.17 Å². The minimum absolute atomic E-state index is 0.127. The second-order valence-corrected chi connectivity index (χ2v) is 7.03. The first-order chi connectivity index (χ1) is 11.8. The van der Waals surface area contributed by atoms with Crippen LogP contribution in [0.25, 0.3) is 6.08 Å². The van der Waals surface area contributed by atoms with Crippen LogP contribution in [0.2, 0.25) is 0 Å². The highest BCUT2D eigenvalue weighted by Gasteiger charge is 2.30. The molecular formula is C17H10BrF3N2OS. The Morgan fingerprint density at radius 3 is 2.52 bits per heavy atom. The summed E-state index contributed by atoms with van der Waals surface area (Å²) in [5.74, 6) is -0.335. The van der Waals surface area contributed by atoms with Crippen LogP contribution in [-0.2, 0) is 11.0 Å². The largest absolute Gasteiger partial charge is 0.416 e. The molecule has 8 heteroatoms. The van der Waals surface area contributed by atoms with Crippen LogP contribution in [0.4, 0.5) is 18.9 Å². The molecule has 1 amide bonds. The van der Waals surface area contributed by atoms with E-state index in [1.54, 1.807) is 6.08 Å². The highest BCUT2D eigenvalue weighted by molar-refractivity contribution is 9.10. The molecule has 25 heavy (non-hydrogen) atoms. The molecule has 128 valence electrons. The standard InChI is InChI=1S/C17H10BrF3N2OS/c18-12-6-4-10(5-7-12)8-14-15(24)23-16(25-14)22-13-3-1-2-11(9-13)17(19,20)21/h1-9H,(H,22,23,24)/b14-8-. The lowest BCUT2D eigenvalue weighted by molar-refractivity contribution is -0.137. The Morgan fingerprint density at radius 2 is 1.84 bits per heavy atom. The molecule has 0 atom stereocenters. The summed E-state index contributed by atoms with van der Waals surface area (Å²) in [6.45, 7) is 0. The van der Waals surface area contributed by atoms with Crippen molar-refractivity contribution in [1.29, 1.82) is 0 Å². The minimum Gasteiger partial charge on any atom is -0.300 e. The molecule has 3 rings (SSSR count). The van der Waals surface area contributed by atoms with E-state index in [1.165, 1.54) is 12.1 Å². The molecule has 0 spiro atoms. The first-order valence-electron chi connectivity index (χ1n) is 7.04.